The molecule has 0 radical (unpaired) electrons. The number of nitrogens with zero attached hydrogens (tertiary/aromatic N) is 5. The van der Waals surface area contributed by atoms with Gasteiger partial charge in [0.25, 0.3) is 0 Å². The van der Waals surface area contributed by atoms with Crippen molar-refractivity contribution in [3.63, 3.8) is 0 Å². The van der Waals surface area contributed by atoms with Crippen molar-refractivity contribution in [3.05, 3.63) is 42.5 Å². The van der Waals surface area contributed by atoms with Crippen LogP contribution < -0.4 is 16.4 Å². The first-order valence-electron chi connectivity index (χ1n) is 12.4. The zero-order valence-corrected chi connectivity index (χ0v) is 22.3. The molecule has 0 saturated carbocycles. The maximum Gasteiger partial charge on any atom is 0.319 e. The van der Waals surface area contributed by atoms with Gasteiger partial charge in [-0.05, 0) is 36.0 Å². The van der Waals surface area contributed by atoms with Gasteiger partial charge in [0.1, 0.15) is 11.8 Å². The van der Waals surface area contributed by atoms with Crippen LogP contribution in [0, 0.1) is 0 Å². The number of benzene rings is 1. The van der Waals surface area contributed by atoms with Gasteiger partial charge in [0, 0.05) is 45.9 Å². The molecule has 3 aromatic rings. The monoisotopic (exact) mass is 510 g/mol. The second kappa shape index (κ2) is 12.5. The van der Waals surface area contributed by atoms with E-state index < -0.39 is 0 Å². The minimum atomic E-state index is -0.273. The first kappa shape index (κ1) is 27.9. The number of carbonyl (C=O) groups is 2. The van der Waals surface area contributed by atoms with E-state index in [1.54, 1.807) is 18.3 Å². The molecule has 4 N–H and O–H groups in total. The molecule has 2 heterocycles. The summed E-state index contributed by atoms with van der Waals surface area (Å²) in [6.45, 7) is 9.98. The standard InChI is InChI=1S/C26H38N8O3/c1-18(35)33(13-6-12-28-25(36)32-20-9-7-19(8-10-20)26(2,3)4)15-21(37-5)11-14-34-17-31-22-23(27)29-16-30-24(22)34/h7-10,16-17,21H,6,11-15H2,1-5H3,(H2,27,29,30)(H2,28,32,36). The number of aryl methyl sites for hydroxylation is 1. The summed E-state index contributed by atoms with van der Waals surface area (Å²) in [7, 11) is 1.63. The molecular formula is C26H38N8O3. The van der Waals surface area contributed by atoms with Crippen LogP contribution in [0.3, 0.4) is 0 Å². The fraction of sp³-hybridized carbons (Fsp3) is 0.500. The number of ether oxygens (including phenoxy) is 1. The van der Waals surface area contributed by atoms with Crippen molar-refractivity contribution in [1.29, 1.82) is 0 Å². The first-order valence-corrected chi connectivity index (χ1v) is 12.4. The Balaban J connectivity index is 1.43. The highest BCUT2D eigenvalue weighted by molar-refractivity contribution is 5.89. The lowest BCUT2D eigenvalue weighted by molar-refractivity contribution is -0.130. The molecule has 0 saturated heterocycles. The van der Waals surface area contributed by atoms with E-state index in [9.17, 15) is 9.59 Å². The number of nitrogen functional groups attached to an aromatic ring is 1. The summed E-state index contributed by atoms with van der Waals surface area (Å²) >= 11 is 0. The van der Waals surface area contributed by atoms with Gasteiger partial charge in [-0.3, -0.25) is 4.79 Å². The number of rotatable bonds is 11. The lowest BCUT2D eigenvalue weighted by atomic mass is 9.87. The lowest BCUT2D eigenvalue weighted by Gasteiger charge is -2.26. The van der Waals surface area contributed by atoms with E-state index in [1.807, 2.05) is 28.8 Å². The van der Waals surface area contributed by atoms with Gasteiger partial charge >= 0.3 is 6.03 Å². The zero-order valence-electron chi connectivity index (χ0n) is 22.3. The van der Waals surface area contributed by atoms with E-state index in [1.165, 1.54) is 18.8 Å². The molecule has 0 aliphatic rings. The van der Waals surface area contributed by atoms with Gasteiger partial charge in [-0.25, -0.2) is 19.7 Å². The Kier molecular flexibility index (Phi) is 9.40. The molecule has 1 atom stereocenters. The molecule has 0 aliphatic carbocycles. The Bertz CT molecular complexity index is 1190. The average molecular weight is 511 g/mol. The van der Waals surface area contributed by atoms with Crippen molar-refractivity contribution in [1.82, 2.24) is 29.7 Å². The molecule has 1 unspecified atom stereocenters. The first-order chi connectivity index (χ1) is 17.6. The normalized spacial score (nSPS) is 12.4. The number of nitrogens with one attached hydrogen (secondary N) is 2. The van der Waals surface area contributed by atoms with Crippen LogP contribution in [-0.2, 0) is 21.5 Å². The average Bonchev–Trinajstić information content (AvgIpc) is 3.27. The Morgan fingerprint density at radius 2 is 1.89 bits per heavy atom. The fourth-order valence-electron chi connectivity index (χ4n) is 3.95. The summed E-state index contributed by atoms with van der Waals surface area (Å²) in [5.74, 6) is 0.301. The number of aromatic nitrogens is 4. The van der Waals surface area contributed by atoms with Crippen molar-refractivity contribution in [3.8, 4) is 0 Å². The Morgan fingerprint density at radius 1 is 1.16 bits per heavy atom. The van der Waals surface area contributed by atoms with Crippen molar-refractivity contribution < 1.29 is 14.3 Å². The van der Waals surface area contributed by atoms with Crippen molar-refractivity contribution in [2.24, 2.45) is 0 Å². The molecule has 11 heteroatoms. The molecule has 2 aromatic heterocycles. The number of methoxy groups -OCH3 is 1. The van der Waals surface area contributed by atoms with Gasteiger partial charge in [-0.2, -0.15) is 0 Å². The number of amides is 3. The highest BCUT2D eigenvalue weighted by Gasteiger charge is 2.18. The minimum absolute atomic E-state index is 0.0426. The highest BCUT2D eigenvalue weighted by Crippen LogP contribution is 2.23. The minimum Gasteiger partial charge on any atom is -0.382 e. The second-order valence-electron chi connectivity index (χ2n) is 10.0. The third-order valence-electron chi connectivity index (χ3n) is 6.22. The summed E-state index contributed by atoms with van der Waals surface area (Å²) in [5.41, 5.74) is 9.09. The molecule has 0 spiro atoms. The maximum atomic E-state index is 12.3. The molecule has 1 aromatic carbocycles. The molecular weight excluding hydrogens is 472 g/mol. The number of urea groups is 1. The fourth-order valence-corrected chi connectivity index (χ4v) is 3.95. The van der Waals surface area contributed by atoms with Crippen LogP contribution in [0.1, 0.15) is 46.1 Å². The van der Waals surface area contributed by atoms with Crippen LogP contribution in [0.15, 0.2) is 36.9 Å². The lowest BCUT2D eigenvalue weighted by Crippen LogP contribution is -2.39. The maximum absolute atomic E-state index is 12.3. The Morgan fingerprint density at radius 3 is 2.54 bits per heavy atom. The van der Waals surface area contributed by atoms with Gasteiger partial charge in [0.2, 0.25) is 5.91 Å². The van der Waals surface area contributed by atoms with Gasteiger partial charge in [0.05, 0.1) is 12.4 Å². The van der Waals surface area contributed by atoms with E-state index >= 15 is 0 Å². The molecule has 0 aliphatic heterocycles. The number of hydrogen-bond acceptors (Lipinski definition) is 7. The van der Waals surface area contributed by atoms with Crippen LogP contribution in [0.5, 0.6) is 0 Å². The highest BCUT2D eigenvalue weighted by atomic mass is 16.5. The van der Waals surface area contributed by atoms with Crippen LogP contribution in [-0.4, -0.2) is 69.2 Å². The van der Waals surface area contributed by atoms with E-state index in [-0.39, 0.29) is 23.5 Å². The largest absolute Gasteiger partial charge is 0.382 e. The number of fused-ring (bicyclic) bond motifs is 1. The molecule has 200 valence electrons. The summed E-state index contributed by atoms with van der Waals surface area (Å²) < 4.78 is 7.54. The number of nitrogens with two attached hydrogens (primary N) is 1. The van der Waals surface area contributed by atoms with Crippen molar-refractivity contribution >= 4 is 34.6 Å². The molecule has 37 heavy (non-hydrogen) atoms. The predicted molar refractivity (Wildman–Crippen MR) is 144 cm³/mol. The van der Waals surface area contributed by atoms with Gasteiger partial charge < -0.3 is 30.6 Å². The smallest absolute Gasteiger partial charge is 0.319 e. The number of carbonyl (C=O) groups excluding carboxylic acids is 2. The van der Waals surface area contributed by atoms with Crippen LogP contribution in [0.2, 0.25) is 0 Å². The van der Waals surface area contributed by atoms with Crippen molar-refractivity contribution in [2.45, 2.75) is 58.6 Å². The SMILES string of the molecule is COC(CCn1cnc2c(N)ncnc21)CN(CCCNC(=O)Nc1ccc(C(C)(C)C)cc1)C(C)=O. The number of hydrogen-bond donors (Lipinski definition) is 3. The van der Waals surface area contributed by atoms with Crippen LogP contribution in [0.25, 0.3) is 11.2 Å². The van der Waals surface area contributed by atoms with Crippen molar-refractivity contribution in [2.75, 3.05) is 37.8 Å². The van der Waals surface area contributed by atoms with Crippen LogP contribution in [0.4, 0.5) is 16.3 Å². The molecule has 0 fully saturated rings. The summed E-state index contributed by atoms with van der Waals surface area (Å²) in [6.07, 6.45) is 4.20. The van der Waals surface area contributed by atoms with E-state index in [0.29, 0.717) is 56.0 Å². The quantitative estimate of drug-likeness (QED) is 0.337. The van der Waals surface area contributed by atoms with Gasteiger partial charge in [0.15, 0.2) is 11.5 Å². The third-order valence-corrected chi connectivity index (χ3v) is 6.22. The molecule has 3 amide bonds. The second-order valence-corrected chi connectivity index (χ2v) is 10.0. The summed E-state index contributed by atoms with van der Waals surface area (Å²) in [6, 6.07) is 7.56. The van der Waals surface area contributed by atoms with E-state index in [2.05, 4.69) is 46.4 Å². The Hall–Kier alpha value is -3.73. The van der Waals surface area contributed by atoms with E-state index in [0.717, 1.165) is 5.69 Å². The summed E-state index contributed by atoms with van der Waals surface area (Å²) in [5, 5.41) is 5.70. The topological polar surface area (TPSA) is 140 Å². The Labute approximate surface area is 217 Å². The third kappa shape index (κ3) is 7.88. The van der Waals surface area contributed by atoms with Crippen LogP contribution >= 0.6 is 0 Å². The predicted octanol–water partition coefficient (Wildman–Crippen LogP) is 3.17. The van der Waals surface area contributed by atoms with E-state index in [4.69, 9.17) is 10.5 Å². The van der Waals surface area contributed by atoms with Gasteiger partial charge in [-0.1, -0.05) is 32.9 Å². The zero-order chi connectivity index (χ0) is 27.0. The van der Waals surface area contributed by atoms with Gasteiger partial charge in [-0.15, -0.1) is 0 Å². The number of imidazole rings is 1. The molecule has 11 nitrogen and oxygen atoms in total. The number of anilines is 2. The molecule has 0 bridgehead atoms. The summed E-state index contributed by atoms with van der Waals surface area (Å²) in [4.78, 5) is 38.7. The molecule has 3 rings (SSSR count).